The quantitative estimate of drug-likeness (QED) is 0.181. The van der Waals surface area contributed by atoms with Crippen molar-refractivity contribution in [2.24, 2.45) is 0 Å². The number of nitrogens with zero attached hydrogens (tertiary/aromatic N) is 6. The van der Waals surface area contributed by atoms with E-state index in [9.17, 15) is 9.59 Å². The zero-order valence-corrected chi connectivity index (χ0v) is 30.4. The van der Waals surface area contributed by atoms with E-state index in [1.807, 2.05) is 44.2 Å². The van der Waals surface area contributed by atoms with Gasteiger partial charge in [-0.25, -0.2) is 19.8 Å². The number of amides is 1. The Morgan fingerprint density at radius 3 is 2.33 bits per heavy atom. The minimum absolute atomic E-state index is 0.166. The summed E-state index contributed by atoms with van der Waals surface area (Å²) in [6.07, 6.45) is 8.12. The van der Waals surface area contributed by atoms with E-state index in [1.165, 1.54) is 38.3 Å². The molecule has 4 fully saturated rings. The molecule has 3 aliphatic heterocycles. The molecular weight excluding hydrogens is 660 g/mol. The highest BCUT2D eigenvalue weighted by molar-refractivity contribution is 6.02. The molecule has 13 nitrogen and oxygen atoms in total. The van der Waals surface area contributed by atoms with Crippen LogP contribution in [0.4, 0.5) is 28.7 Å². The van der Waals surface area contributed by atoms with Crippen LogP contribution in [-0.4, -0.2) is 103 Å². The summed E-state index contributed by atoms with van der Waals surface area (Å²) in [5.74, 6) is 1.04. The molecule has 1 saturated carbocycles. The minimum Gasteiger partial charge on any atom is -0.494 e. The fourth-order valence-electron chi connectivity index (χ4n) is 7.59. The zero-order chi connectivity index (χ0) is 36.2. The second-order valence-electron chi connectivity index (χ2n) is 14.2. The van der Waals surface area contributed by atoms with Crippen LogP contribution in [0.15, 0.2) is 61.4 Å². The van der Waals surface area contributed by atoms with Gasteiger partial charge in [-0.05, 0) is 69.4 Å². The molecule has 0 spiro atoms. The number of methoxy groups -OCH3 is 1. The predicted molar refractivity (Wildman–Crippen MR) is 201 cm³/mol. The van der Waals surface area contributed by atoms with Gasteiger partial charge in [-0.1, -0.05) is 18.7 Å². The van der Waals surface area contributed by atoms with Gasteiger partial charge in [0.15, 0.2) is 5.82 Å². The maximum atomic E-state index is 12.6. The Labute approximate surface area is 305 Å². The molecule has 3 saturated heterocycles. The van der Waals surface area contributed by atoms with Crippen LogP contribution in [0.3, 0.4) is 0 Å². The Bertz CT molecular complexity index is 1750. The molecule has 1 amide bonds. The molecule has 276 valence electrons. The lowest BCUT2D eigenvalue weighted by molar-refractivity contribution is -0.111. The summed E-state index contributed by atoms with van der Waals surface area (Å²) >= 11 is 0. The Morgan fingerprint density at radius 2 is 1.65 bits per heavy atom. The SMILES string of the molecule is C=CC(=O)Nc1cc(Nc2cc(N3OCC[C@@H]3c3cccc(C(=O)OC(C)C)c3)ncn2)c(OC)cc1N1CCC(N2CCN(C3CC3)CC2)CC1. The second-order valence-corrected chi connectivity index (χ2v) is 14.2. The zero-order valence-electron chi connectivity index (χ0n) is 30.4. The van der Waals surface area contributed by atoms with Crippen molar-refractivity contribution >= 4 is 40.6 Å². The lowest BCUT2D eigenvalue weighted by Crippen LogP contribution is -2.53. The van der Waals surface area contributed by atoms with Crippen LogP contribution in [0, 0.1) is 0 Å². The number of piperazine rings is 1. The number of hydrogen-bond donors (Lipinski definition) is 2. The Kier molecular flexibility index (Phi) is 10.9. The van der Waals surface area contributed by atoms with Gasteiger partial charge in [0.05, 0.1) is 48.5 Å². The predicted octanol–water partition coefficient (Wildman–Crippen LogP) is 5.55. The van der Waals surface area contributed by atoms with E-state index >= 15 is 0 Å². The number of ether oxygens (including phenoxy) is 2. The van der Waals surface area contributed by atoms with E-state index in [2.05, 4.69) is 41.9 Å². The Hall–Kier alpha value is -4.72. The number of anilines is 5. The molecule has 2 aromatic carbocycles. The third-order valence-corrected chi connectivity index (χ3v) is 10.4. The molecule has 2 N–H and O–H groups in total. The van der Waals surface area contributed by atoms with E-state index in [1.54, 1.807) is 24.3 Å². The highest BCUT2D eigenvalue weighted by Crippen LogP contribution is 2.41. The molecule has 4 heterocycles. The first kappa shape index (κ1) is 35.7. The van der Waals surface area contributed by atoms with Crippen LogP contribution in [0.5, 0.6) is 5.75 Å². The number of rotatable bonds is 12. The number of nitrogens with one attached hydrogen (secondary N) is 2. The van der Waals surface area contributed by atoms with Gasteiger partial charge in [-0.15, -0.1) is 0 Å². The van der Waals surface area contributed by atoms with Crippen molar-refractivity contribution in [2.45, 2.75) is 70.2 Å². The van der Waals surface area contributed by atoms with Gasteiger partial charge in [0.25, 0.3) is 0 Å². The number of piperidine rings is 1. The van der Waals surface area contributed by atoms with Crippen LogP contribution in [0.2, 0.25) is 0 Å². The Balaban J connectivity index is 1.07. The van der Waals surface area contributed by atoms with Gasteiger partial charge >= 0.3 is 5.97 Å². The molecule has 1 aliphatic carbocycles. The normalized spacial score (nSPS) is 20.2. The van der Waals surface area contributed by atoms with Gasteiger partial charge in [-0.2, -0.15) is 0 Å². The third kappa shape index (κ3) is 8.16. The summed E-state index contributed by atoms with van der Waals surface area (Å²) in [6, 6.07) is 14.3. The average Bonchev–Trinajstić information content (AvgIpc) is 3.90. The number of carbonyl (C=O) groups is 2. The van der Waals surface area contributed by atoms with Gasteiger partial charge in [0.2, 0.25) is 5.91 Å². The van der Waals surface area contributed by atoms with Crippen molar-refractivity contribution in [1.29, 1.82) is 0 Å². The second kappa shape index (κ2) is 15.9. The molecule has 4 aliphatic rings. The van der Waals surface area contributed by atoms with Crippen molar-refractivity contribution in [3.8, 4) is 5.75 Å². The van der Waals surface area contributed by atoms with E-state index in [0.717, 1.165) is 56.3 Å². The van der Waals surface area contributed by atoms with E-state index in [-0.39, 0.29) is 24.0 Å². The fraction of sp³-hybridized carbons (Fsp3) is 0.487. The molecule has 0 bridgehead atoms. The maximum Gasteiger partial charge on any atom is 0.338 e. The summed E-state index contributed by atoms with van der Waals surface area (Å²) in [5, 5.41) is 8.17. The van der Waals surface area contributed by atoms with Gasteiger partial charge in [0.1, 0.15) is 17.9 Å². The van der Waals surface area contributed by atoms with Crippen molar-refractivity contribution < 1.29 is 23.9 Å². The standard InChI is InChI=1S/C39H50N8O5/c1-5-38(48)43-31-22-32(35(50-4)23-34(31)46-14-11-30(12-15-46)45-18-16-44(17-19-45)29-9-10-29)42-36-24-37(41-25-40-36)47-33(13-20-51-47)27-7-6-8-28(21-27)39(49)52-26(2)3/h5-8,21-26,29-30,33H,1,9-20H2,2-4H3,(H,43,48)(H,40,41,42)/t33-/m1/s1. The van der Waals surface area contributed by atoms with Crippen LogP contribution in [-0.2, 0) is 14.4 Å². The molecule has 1 aromatic heterocycles. The molecular formula is C39H50N8O5. The molecule has 0 unspecified atom stereocenters. The van der Waals surface area contributed by atoms with Crippen LogP contribution < -0.4 is 25.3 Å². The highest BCUT2D eigenvalue weighted by atomic mass is 16.7. The largest absolute Gasteiger partial charge is 0.494 e. The first-order valence-electron chi connectivity index (χ1n) is 18.5. The molecule has 52 heavy (non-hydrogen) atoms. The highest BCUT2D eigenvalue weighted by Gasteiger charge is 2.34. The van der Waals surface area contributed by atoms with Gasteiger partial charge in [0, 0.05) is 69.9 Å². The van der Waals surface area contributed by atoms with Crippen LogP contribution in [0.1, 0.15) is 67.9 Å². The molecule has 0 radical (unpaired) electrons. The molecule has 3 aromatic rings. The van der Waals surface area contributed by atoms with Crippen molar-refractivity contribution in [1.82, 2.24) is 19.8 Å². The van der Waals surface area contributed by atoms with Crippen molar-refractivity contribution in [3.63, 3.8) is 0 Å². The smallest absolute Gasteiger partial charge is 0.338 e. The summed E-state index contributed by atoms with van der Waals surface area (Å²) in [5.41, 5.74) is 3.62. The van der Waals surface area contributed by atoms with Crippen LogP contribution in [0.25, 0.3) is 0 Å². The fourth-order valence-corrected chi connectivity index (χ4v) is 7.59. The van der Waals surface area contributed by atoms with Gasteiger partial charge in [-0.3, -0.25) is 19.4 Å². The van der Waals surface area contributed by atoms with Crippen molar-refractivity contribution in [3.05, 3.63) is 72.6 Å². The monoisotopic (exact) mass is 710 g/mol. The van der Waals surface area contributed by atoms with E-state index in [4.69, 9.17) is 14.3 Å². The van der Waals surface area contributed by atoms with E-state index < -0.39 is 0 Å². The minimum atomic E-state index is -0.360. The lowest BCUT2D eigenvalue weighted by atomic mass is 10.0. The number of carbonyl (C=O) groups excluding carboxylic acids is 2. The summed E-state index contributed by atoms with van der Waals surface area (Å²) in [4.78, 5) is 48.0. The third-order valence-electron chi connectivity index (χ3n) is 10.4. The number of benzene rings is 2. The number of esters is 1. The summed E-state index contributed by atoms with van der Waals surface area (Å²) in [6.45, 7) is 14.2. The average molecular weight is 711 g/mol. The number of hydroxylamine groups is 1. The first-order valence-corrected chi connectivity index (χ1v) is 18.5. The maximum absolute atomic E-state index is 12.6. The first-order chi connectivity index (χ1) is 25.3. The molecule has 1 atom stereocenters. The van der Waals surface area contributed by atoms with Crippen LogP contribution >= 0.6 is 0 Å². The van der Waals surface area contributed by atoms with Gasteiger partial charge < -0.3 is 25.0 Å². The number of hydrogen-bond acceptors (Lipinski definition) is 12. The topological polar surface area (TPSA) is 125 Å². The molecule has 13 heteroatoms. The Morgan fingerprint density at radius 1 is 0.923 bits per heavy atom. The summed E-state index contributed by atoms with van der Waals surface area (Å²) < 4.78 is 11.3. The summed E-state index contributed by atoms with van der Waals surface area (Å²) in [7, 11) is 1.64. The molecule has 7 rings (SSSR count). The lowest BCUT2D eigenvalue weighted by Gasteiger charge is -2.43. The van der Waals surface area contributed by atoms with E-state index in [0.29, 0.717) is 53.4 Å². The number of aromatic nitrogens is 2. The van der Waals surface area contributed by atoms with Crippen molar-refractivity contribution in [2.75, 3.05) is 73.6 Å².